The third kappa shape index (κ3) is 0.736. The summed E-state index contributed by atoms with van der Waals surface area (Å²) in [5, 5.41) is 8.77. The molecule has 0 amide bonds. The second-order valence-corrected chi connectivity index (χ2v) is 3.11. The molecule has 0 aromatic carbocycles. The van der Waals surface area contributed by atoms with E-state index in [0.717, 1.165) is 12.8 Å². The van der Waals surface area contributed by atoms with Crippen LogP contribution in [0.4, 0.5) is 0 Å². The first kappa shape index (κ1) is 7.54. The Kier molecular flexibility index (Phi) is 1.68. The highest BCUT2D eigenvalue weighted by Gasteiger charge is 2.49. The third-order valence-corrected chi connectivity index (χ3v) is 2.76. The zero-order valence-electron chi connectivity index (χ0n) is 6.13. The minimum absolute atomic E-state index is 0.259. The highest BCUT2D eigenvalue weighted by Crippen LogP contribution is 2.45. The van der Waals surface area contributed by atoms with Gasteiger partial charge in [-0.2, -0.15) is 0 Å². The van der Waals surface area contributed by atoms with Crippen LogP contribution >= 0.6 is 0 Å². The maximum Gasteiger partial charge on any atom is 0.311 e. The van der Waals surface area contributed by atoms with Gasteiger partial charge < -0.3 is 10.8 Å². The standard InChI is InChI=1S/C7H13NO2/c1-5-2-3-7(5,4-8)6(9)10/h5H,2-4,8H2,1H3,(H,9,10)/t5-,7+/m0/s1. The molecule has 0 spiro atoms. The summed E-state index contributed by atoms with van der Waals surface area (Å²) in [5.41, 5.74) is 4.80. The number of hydrogen-bond acceptors (Lipinski definition) is 2. The van der Waals surface area contributed by atoms with Crippen molar-refractivity contribution in [2.75, 3.05) is 6.54 Å². The molecule has 0 radical (unpaired) electrons. The summed E-state index contributed by atoms with van der Waals surface area (Å²) in [6, 6.07) is 0. The second-order valence-electron chi connectivity index (χ2n) is 3.11. The number of carboxylic acid groups (broad SMARTS) is 1. The predicted octanol–water partition coefficient (Wildman–Crippen LogP) is 0.446. The molecule has 1 fully saturated rings. The largest absolute Gasteiger partial charge is 0.481 e. The molecule has 58 valence electrons. The first-order valence-electron chi connectivity index (χ1n) is 3.57. The van der Waals surface area contributed by atoms with E-state index in [1.54, 1.807) is 0 Å². The van der Waals surface area contributed by atoms with E-state index in [1.807, 2.05) is 6.92 Å². The topological polar surface area (TPSA) is 63.3 Å². The predicted molar refractivity (Wildman–Crippen MR) is 37.5 cm³/mol. The Labute approximate surface area is 60.2 Å². The zero-order chi connectivity index (χ0) is 7.78. The Hall–Kier alpha value is -0.570. The number of rotatable bonds is 2. The normalized spacial score (nSPS) is 38.8. The second kappa shape index (κ2) is 2.23. The summed E-state index contributed by atoms with van der Waals surface area (Å²) in [5.74, 6) is -0.469. The van der Waals surface area contributed by atoms with Crippen molar-refractivity contribution in [3.05, 3.63) is 0 Å². The first-order chi connectivity index (χ1) is 4.63. The molecule has 0 aromatic heterocycles. The zero-order valence-corrected chi connectivity index (χ0v) is 6.13. The Morgan fingerprint density at radius 2 is 2.50 bits per heavy atom. The van der Waals surface area contributed by atoms with E-state index in [4.69, 9.17) is 10.8 Å². The Morgan fingerprint density at radius 3 is 2.50 bits per heavy atom. The highest BCUT2D eigenvalue weighted by atomic mass is 16.4. The van der Waals surface area contributed by atoms with Gasteiger partial charge in [0.05, 0.1) is 5.41 Å². The van der Waals surface area contributed by atoms with Gasteiger partial charge in [-0.25, -0.2) is 0 Å². The molecule has 1 rings (SSSR count). The fraction of sp³-hybridized carbons (Fsp3) is 0.857. The van der Waals surface area contributed by atoms with Crippen LogP contribution in [0.25, 0.3) is 0 Å². The van der Waals surface area contributed by atoms with E-state index in [1.165, 1.54) is 0 Å². The summed E-state index contributed by atoms with van der Waals surface area (Å²) >= 11 is 0. The van der Waals surface area contributed by atoms with Gasteiger partial charge in [-0.3, -0.25) is 4.79 Å². The van der Waals surface area contributed by atoms with Crippen LogP contribution in [-0.4, -0.2) is 17.6 Å². The summed E-state index contributed by atoms with van der Waals surface area (Å²) < 4.78 is 0. The SMILES string of the molecule is C[C@H]1CC[C@]1(CN)C(=O)O. The smallest absolute Gasteiger partial charge is 0.311 e. The maximum atomic E-state index is 10.7. The van der Waals surface area contributed by atoms with Crippen molar-refractivity contribution in [1.82, 2.24) is 0 Å². The van der Waals surface area contributed by atoms with Gasteiger partial charge in [-0.1, -0.05) is 6.92 Å². The van der Waals surface area contributed by atoms with Crippen LogP contribution in [0.15, 0.2) is 0 Å². The number of aliphatic carboxylic acids is 1. The van der Waals surface area contributed by atoms with Gasteiger partial charge in [0.25, 0.3) is 0 Å². The molecule has 0 bridgehead atoms. The number of nitrogens with two attached hydrogens (primary N) is 1. The van der Waals surface area contributed by atoms with Crippen molar-refractivity contribution in [2.45, 2.75) is 19.8 Å². The lowest BCUT2D eigenvalue weighted by Gasteiger charge is -2.43. The van der Waals surface area contributed by atoms with Crippen molar-refractivity contribution in [3.63, 3.8) is 0 Å². The summed E-state index contributed by atoms with van der Waals surface area (Å²) in [7, 11) is 0. The van der Waals surface area contributed by atoms with Gasteiger partial charge in [-0.05, 0) is 18.8 Å². The van der Waals surface area contributed by atoms with Gasteiger partial charge in [0.15, 0.2) is 0 Å². The van der Waals surface area contributed by atoms with E-state index in [9.17, 15) is 4.79 Å². The summed E-state index contributed by atoms with van der Waals surface area (Å²) in [6.07, 6.45) is 1.75. The third-order valence-electron chi connectivity index (χ3n) is 2.76. The van der Waals surface area contributed by atoms with E-state index in [-0.39, 0.29) is 12.5 Å². The van der Waals surface area contributed by atoms with E-state index < -0.39 is 11.4 Å². The van der Waals surface area contributed by atoms with Crippen LogP contribution in [-0.2, 0) is 4.79 Å². The van der Waals surface area contributed by atoms with Crippen LogP contribution in [0.1, 0.15) is 19.8 Å². The number of carbonyl (C=O) groups is 1. The van der Waals surface area contributed by atoms with Crippen molar-refractivity contribution in [1.29, 1.82) is 0 Å². The first-order valence-corrected chi connectivity index (χ1v) is 3.57. The van der Waals surface area contributed by atoms with Crippen LogP contribution in [0.3, 0.4) is 0 Å². The molecule has 1 aliphatic carbocycles. The monoisotopic (exact) mass is 143 g/mol. The van der Waals surface area contributed by atoms with E-state index >= 15 is 0 Å². The molecule has 3 N–H and O–H groups in total. The minimum Gasteiger partial charge on any atom is -0.481 e. The minimum atomic E-state index is -0.728. The molecule has 1 aliphatic rings. The van der Waals surface area contributed by atoms with Crippen molar-refractivity contribution >= 4 is 5.97 Å². The van der Waals surface area contributed by atoms with Gasteiger partial charge >= 0.3 is 5.97 Å². The van der Waals surface area contributed by atoms with Crippen molar-refractivity contribution in [2.24, 2.45) is 17.1 Å². The molecule has 0 heterocycles. The van der Waals surface area contributed by atoms with E-state index in [0.29, 0.717) is 0 Å². The van der Waals surface area contributed by atoms with Crippen LogP contribution in [0, 0.1) is 11.3 Å². The van der Waals surface area contributed by atoms with Crippen LogP contribution in [0.5, 0.6) is 0 Å². The Bertz CT molecular complexity index is 154. The fourth-order valence-electron chi connectivity index (χ4n) is 1.49. The van der Waals surface area contributed by atoms with Crippen molar-refractivity contribution in [3.8, 4) is 0 Å². The van der Waals surface area contributed by atoms with Crippen LogP contribution < -0.4 is 5.73 Å². The molecule has 0 aliphatic heterocycles. The molecule has 3 nitrogen and oxygen atoms in total. The van der Waals surface area contributed by atoms with Crippen LogP contribution in [0.2, 0.25) is 0 Å². The molecule has 1 saturated carbocycles. The molecule has 2 atom stereocenters. The lowest BCUT2D eigenvalue weighted by Crippen LogP contribution is -2.50. The Balaban J connectivity index is 2.69. The lowest BCUT2D eigenvalue weighted by molar-refractivity contribution is -0.158. The molecular weight excluding hydrogens is 130 g/mol. The molecule has 3 heteroatoms. The summed E-state index contributed by atoms with van der Waals surface area (Å²) in [6.45, 7) is 2.23. The summed E-state index contributed by atoms with van der Waals surface area (Å²) in [4.78, 5) is 10.7. The molecule has 0 saturated heterocycles. The van der Waals surface area contributed by atoms with Gasteiger partial charge in [0, 0.05) is 6.54 Å². The molecule has 0 unspecified atom stereocenters. The average Bonchev–Trinajstić information content (AvgIpc) is 1.86. The van der Waals surface area contributed by atoms with Crippen molar-refractivity contribution < 1.29 is 9.90 Å². The average molecular weight is 143 g/mol. The quantitative estimate of drug-likeness (QED) is 0.589. The molecular formula is C7H13NO2. The fourth-order valence-corrected chi connectivity index (χ4v) is 1.49. The van der Waals surface area contributed by atoms with Gasteiger partial charge in [0.1, 0.15) is 0 Å². The number of hydrogen-bond donors (Lipinski definition) is 2. The van der Waals surface area contributed by atoms with Gasteiger partial charge in [0.2, 0.25) is 0 Å². The number of carboxylic acids is 1. The highest BCUT2D eigenvalue weighted by molar-refractivity contribution is 5.76. The van der Waals surface area contributed by atoms with Gasteiger partial charge in [-0.15, -0.1) is 0 Å². The maximum absolute atomic E-state index is 10.7. The molecule has 0 aromatic rings. The van der Waals surface area contributed by atoms with E-state index in [2.05, 4.69) is 0 Å². The Morgan fingerprint density at radius 1 is 1.90 bits per heavy atom. The lowest BCUT2D eigenvalue weighted by atomic mass is 9.61. The molecule has 10 heavy (non-hydrogen) atoms.